The van der Waals surface area contributed by atoms with Crippen molar-refractivity contribution in [1.82, 2.24) is 5.32 Å². The number of unbranched alkanes of at least 4 members (excludes halogenated alkanes) is 5. The first-order chi connectivity index (χ1) is 24.7. The van der Waals surface area contributed by atoms with Gasteiger partial charge in [0.15, 0.2) is 0 Å². The zero-order valence-electron chi connectivity index (χ0n) is 30.9. The fourth-order valence-corrected chi connectivity index (χ4v) is 4.00. The topological polar surface area (TPSA) is 168 Å². The van der Waals surface area contributed by atoms with E-state index in [4.69, 9.17) is 57.2 Å². The number of ether oxygens (including phenoxy) is 11. The number of hydrogen-bond acceptors (Lipinski definition) is 13. The minimum atomic E-state index is -0.981. The molecular formula is C35H69NO14. The van der Waals surface area contributed by atoms with E-state index in [0.717, 1.165) is 13.0 Å². The first-order valence-electron chi connectivity index (χ1n) is 18.5. The van der Waals surface area contributed by atoms with Gasteiger partial charge in [-0.2, -0.15) is 0 Å². The zero-order chi connectivity index (χ0) is 36.3. The fraction of sp³-hybridized carbons (Fsp3) is 0.943. The van der Waals surface area contributed by atoms with Crippen LogP contribution in [0.4, 0.5) is 0 Å². The van der Waals surface area contributed by atoms with Gasteiger partial charge in [-0.1, -0.05) is 39.0 Å². The standard InChI is InChI=1S/C35H69NO14/c1-2-3-4-5-6-7-12-40-14-16-42-18-20-44-22-24-46-26-28-48-30-32-50-33-31-49-29-27-47-25-23-45-21-19-43-17-15-41-13-8-11-36-34(37)9-10-35(38)39/h2-33H2,1H3,(H,36,37)(H,38,39). The van der Waals surface area contributed by atoms with Crippen molar-refractivity contribution in [2.45, 2.75) is 64.7 Å². The third kappa shape index (κ3) is 44.5. The van der Waals surface area contributed by atoms with Gasteiger partial charge in [-0.25, -0.2) is 0 Å². The third-order valence-corrected chi connectivity index (χ3v) is 6.72. The van der Waals surface area contributed by atoms with E-state index in [0.29, 0.717) is 152 Å². The van der Waals surface area contributed by atoms with Crippen molar-refractivity contribution in [2.24, 2.45) is 0 Å². The summed E-state index contributed by atoms with van der Waals surface area (Å²) in [7, 11) is 0. The van der Waals surface area contributed by atoms with Crippen molar-refractivity contribution in [3.05, 3.63) is 0 Å². The highest BCUT2D eigenvalue weighted by molar-refractivity contribution is 5.80. The third-order valence-electron chi connectivity index (χ3n) is 6.72. The van der Waals surface area contributed by atoms with E-state index >= 15 is 0 Å². The molecule has 0 aromatic heterocycles. The van der Waals surface area contributed by atoms with Crippen LogP contribution in [0.25, 0.3) is 0 Å². The normalized spacial score (nSPS) is 11.4. The van der Waals surface area contributed by atoms with Gasteiger partial charge in [0.25, 0.3) is 0 Å². The smallest absolute Gasteiger partial charge is 0.303 e. The van der Waals surface area contributed by atoms with Crippen LogP contribution in [0.5, 0.6) is 0 Å². The molecule has 0 aliphatic carbocycles. The number of amides is 1. The van der Waals surface area contributed by atoms with E-state index in [1.54, 1.807) is 0 Å². The first kappa shape index (κ1) is 48.5. The summed E-state index contributed by atoms with van der Waals surface area (Å²) in [6.45, 7) is 14.2. The minimum absolute atomic E-state index is 0.00881. The van der Waals surface area contributed by atoms with E-state index < -0.39 is 5.97 Å². The van der Waals surface area contributed by atoms with Crippen molar-refractivity contribution in [1.29, 1.82) is 0 Å². The molecule has 1 amide bonds. The van der Waals surface area contributed by atoms with Gasteiger partial charge in [0.2, 0.25) is 5.91 Å². The SMILES string of the molecule is CCCCCCCCOCCOCCOCCOCCOCCOCCOCCOCCOCCOCCOCCCNC(=O)CCC(=O)O. The number of aliphatic carboxylic acids is 1. The quantitative estimate of drug-likeness (QED) is 0.0880. The van der Waals surface area contributed by atoms with E-state index in [1.165, 1.54) is 32.1 Å². The molecule has 0 spiro atoms. The molecule has 0 aromatic carbocycles. The summed E-state index contributed by atoms with van der Waals surface area (Å²) in [6, 6.07) is 0. The van der Waals surface area contributed by atoms with Crippen LogP contribution in [-0.4, -0.2) is 169 Å². The van der Waals surface area contributed by atoms with Gasteiger partial charge < -0.3 is 62.5 Å². The molecule has 0 rings (SSSR count). The average Bonchev–Trinajstić information content (AvgIpc) is 3.11. The maximum atomic E-state index is 11.4. The number of carboxylic acids is 1. The maximum Gasteiger partial charge on any atom is 0.303 e. The van der Waals surface area contributed by atoms with E-state index in [1.807, 2.05) is 0 Å². The number of carbonyl (C=O) groups excluding carboxylic acids is 1. The summed E-state index contributed by atoms with van der Waals surface area (Å²) >= 11 is 0. The van der Waals surface area contributed by atoms with Crippen molar-refractivity contribution in [2.75, 3.05) is 152 Å². The van der Waals surface area contributed by atoms with Crippen LogP contribution < -0.4 is 5.32 Å². The lowest BCUT2D eigenvalue weighted by Gasteiger charge is -2.09. The lowest BCUT2D eigenvalue weighted by atomic mass is 10.1. The highest BCUT2D eigenvalue weighted by Gasteiger charge is 2.04. The predicted octanol–water partition coefficient (Wildman–Crippen LogP) is 2.90. The molecule has 0 heterocycles. The van der Waals surface area contributed by atoms with E-state index in [2.05, 4.69) is 12.2 Å². The van der Waals surface area contributed by atoms with Crippen LogP contribution in [0.2, 0.25) is 0 Å². The Hall–Kier alpha value is -1.50. The summed E-state index contributed by atoms with van der Waals surface area (Å²) in [6.07, 6.45) is 8.13. The van der Waals surface area contributed by atoms with Gasteiger partial charge in [-0.3, -0.25) is 9.59 Å². The van der Waals surface area contributed by atoms with Crippen molar-refractivity contribution in [3.8, 4) is 0 Å². The van der Waals surface area contributed by atoms with Gasteiger partial charge in [0, 0.05) is 26.2 Å². The maximum absolute atomic E-state index is 11.4. The molecule has 0 radical (unpaired) electrons. The second-order valence-electron chi connectivity index (χ2n) is 11.1. The van der Waals surface area contributed by atoms with Crippen molar-refractivity contribution < 1.29 is 66.8 Å². The number of hydrogen-bond donors (Lipinski definition) is 2. The van der Waals surface area contributed by atoms with Gasteiger partial charge >= 0.3 is 5.97 Å². The molecule has 0 atom stereocenters. The molecule has 2 N–H and O–H groups in total. The highest BCUT2D eigenvalue weighted by atomic mass is 16.6. The Morgan fingerprint density at radius 2 is 0.660 bits per heavy atom. The van der Waals surface area contributed by atoms with E-state index in [-0.39, 0.29) is 18.7 Å². The number of rotatable bonds is 44. The van der Waals surface area contributed by atoms with Crippen molar-refractivity contribution >= 4 is 11.9 Å². The summed E-state index contributed by atoms with van der Waals surface area (Å²) in [5.41, 5.74) is 0. The van der Waals surface area contributed by atoms with Gasteiger partial charge in [0.05, 0.1) is 139 Å². The number of nitrogens with one attached hydrogen (secondary N) is 1. The monoisotopic (exact) mass is 727 g/mol. The Balaban J connectivity index is 3.08. The molecule has 0 saturated carbocycles. The second kappa shape index (κ2) is 43.7. The van der Waals surface area contributed by atoms with Crippen LogP contribution in [0.3, 0.4) is 0 Å². The molecule has 0 aliphatic rings. The van der Waals surface area contributed by atoms with Gasteiger partial charge in [-0.05, 0) is 12.8 Å². The van der Waals surface area contributed by atoms with E-state index in [9.17, 15) is 9.59 Å². The van der Waals surface area contributed by atoms with Gasteiger partial charge in [0.1, 0.15) is 0 Å². The Labute approximate surface area is 300 Å². The molecular weight excluding hydrogens is 658 g/mol. The molecule has 298 valence electrons. The Kier molecular flexibility index (Phi) is 42.4. The van der Waals surface area contributed by atoms with Crippen molar-refractivity contribution in [3.63, 3.8) is 0 Å². The Morgan fingerprint density at radius 1 is 0.380 bits per heavy atom. The number of carbonyl (C=O) groups is 2. The highest BCUT2D eigenvalue weighted by Crippen LogP contribution is 2.04. The Morgan fingerprint density at radius 3 is 0.980 bits per heavy atom. The molecule has 50 heavy (non-hydrogen) atoms. The summed E-state index contributed by atoms with van der Waals surface area (Å²) < 4.78 is 60.3. The minimum Gasteiger partial charge on any atom is -0.481 e. The largest absolute Gasteiger partial charge is 0.481 e. The molecule has 0 saturated heterocycles. The van der Waals surface area contributed by atoms with Gasteiger partial charge in [-0.15, -0.1) is 0 Å². The predicted molar refractivity (Wildman–Crippen MR) is 187 cm³/mol. The summed E-state index contributed by atoms with van der Waals surface area (Å²) in [5, 5.41) is 11.2. The zero-order valence-corrected chi connectivity index (χ0v) is 30.9. The van der Waals surface area contributed by atoms with Crippen LogP contribution in [-0.2, 0) is 61.7 Å². The summed E-state index contributed by atoms with van der Waals surface area (Å²) in [5.74, 6) is -1.25. The molecule has 0 aromatic rings. The Bertz CT molecular complexity index is 692. The van der Waals surface area contributed by atoms with Crippen LogP contribution >= 0.6 is 0 Å². The average molecular weight is 728 g/mol. The molecule has 15 heteroatoms. The molecule has 0 unspecified atom stereocenters. The molecule has 0 aliphatic heterocycles. The fourth-order valence-electron chi connectivity index (χ4n) is 4.00. The summed E-state index contributed by atoms with van der Waals surface area (Å²) in [4.78, 5) is 21.8. The first-order valence-corrected chi connectivity index (χ1v) is 18.5. The molecule has 0 bridgehead atoms. The second-order valence-corrected chi connectivity index (χ2v) is 11.1. The van der Waals surface area contributed by atoms with Crippen LogP contribution in [0.1, 0.15) is 64.7 Å². The van der Waals surface area contributed by atoms with Crippen LogP contribution in [0, 0.1) is 0 Å². The van der Waals surface area contributed by atoms with Crippen LogP contribution in [0.15, 0.2) is 0 Å². The lowest BCUT2D eigenvalue weighted by molar-refractivity contribution is -0.138. The number of carboxylic acid groups (broad SMARTS) is 1. The molecule has 0 fully saturated rings. The molecule has 15 nitrogen and oxygen atoms in total. The lowest BCUT2D eigenvalue weighted by Crippen LogP contribution is -2.25.